The van der Waals surface area contributed by atoms with Crippen molar-refractivity contribution in [3.05, 3.63) is 59.4 Å². The maximum atomic E-state index is 13.6. The van der Waals surface area contributed by atoms with Crippen LogP contribution in [0.4, 0.5) is 10.1 Å². The highest BCUT2D eigenvalue weighted by Crippen LogP contribution is 2.22. The van der Waals surface area contributed by atoms with Crippen molar-refractivity contribution in [3.8, 4) is 5.75 Å². The summed E-state index contributed by atoms with van der Waals surface area (Å²) in [5, 5.41) is 9.61. The topological polar surface area (TPSA) is 40.5 Å². The average Bonchev–Trinajstić information content (AvgIpc) is 2.41. The Kier molecular flexibility index (Phi) is 3.51. The number of anilines is 1. The summed E-state index contributed by atoms with van der Waals surface area (Å²) in [6.07, 6.45) is 0. The lowest BCUT2D eigenvalue weighted by molar-refractivity contribution is 0.0992. The first-order valence-corrected chi connectivity index (χ1v) is 5.83. The zero-order valence-corrected chi connectivity index (χ0v) is 10.7. The number of carbonyl (C=O) groups is 1. The molecule has 0 saturated carbocycles. The molecule has 0 atom stereocenters. The summed E-state index contributed by atoms with van der Waals surface area (Å²) in [7, 11) is 1.50. The number of para-hydroxylation sites is 1. The van der Waals surface area contributed by atoms with Crippen LogP contribution in [0.15, 0.2) is 42.5 Å². The van der Waals surface area contributed by atoms with Gasteiger partial charge in [-0.15, -0.1) is 0 Å². The Balaban J connectivity index is 2.34. The van der Waals surface area contributed by atoms with E-state index in [9.17, 15) is 14.3 Å². The Morgan fingerprint density at radius 2 is 1.89 bits per heavy atom. The van der Waals surface area contributed by atoms with Gasteiger partial charge in [0.15, 0.2) is 0 Å². The summed E-state index contributed by atoms with van der Waals surface area (Å²) in [5.74, 6) is -0.789. The molecule has 2 aromatic carbocycles. The molecule has 0 radical (unpaired) electrons. The van der Waals surface area contributed by atoms with Crippen molar-refractivity contribution in [1.29, 1.82) is 0 Å². The molecule has 3 nitrogen and oxygen atoms in total. The van der Waals surface area contributed by atoms with Crippen LogP contribution >= 0.6 is 0 Å². The van der Waals surface area contributed by atoms with Crippen molar-refractivity contribution < 1.29 is 14.3 Å². The summed E-state index contributed by atoms with van der Waals surface area (Å²) in [4.78, 5) is 13.4. The number of rotatable bonds is 2. The van der Waals surface area contributed by atoms with Gasteiger partial charge in [-0.3, -0.25) is 4.79 Å². The molecule has 0 heterocycles. The Morgan fingerprint density at radius 3 is 2.53 bits per heavy atom. The van der Waals surface area contributed by atoms with Gasteiger partial charge < -0.3 is 10.0 Å². The molecule has 2 rings (SSSR count). The minimum Gasteiger partial charge on any atom is -0.508 e. The van der Waals surface area contributed by atoms with E-state index in [1.807, 2.05) is 0 Å². The van der Waals surface area contributed by atoms with Gasteiger partial charge in [0.25, 0.3) is 5.91 Å². The number of aryl methyl sites for hydroxylation is 1. The van der Waals surface area contributed by atoms with E-state index in [4.69, 9.17) is 0 Å². The van der Waals surface area contributed by atoms with Crippen LogP contribution in [0.3, 0.4) is 0 Å². The van der Waals surface area contributed by atoms with E-state index in [2.05, 4.69) is 0 Å². The highest BCUT2D eigenvalue weighted by Gasteiger charge is 2.17. The number of phenolic OH excluding ortho intramolecular Hbond substituents is 1. The van der Waals surface area contributed by atoms with E-state index in [0.717, 1.165) is 0 Å². The van der Waals surface area contributed by atoms with Gasteiger partial charge in [-0.2, -0.15) is 0 Å². The smallest absolute Gasteiger partial charge is 0.258 e. The van der Waals surface area contributed by atoms with Gasteiger partial charge in [0.05, 0.1) is 5.69 Å². The van der Waals surface area contributed by atoms with Crippen LogP contribution < -0.4 is 4.90 Å². The zero-order chi connectivity index (χ0) is 14.0. The second kappa shape index (κ2) is 5.10. The van der Waals surface area contributed by atoms with Gasteiger partial charge in [-0.25, -0.2) is 4.39 Å². The summed E-state index contributed by atoms with van der Waals surface area (Å²) in [5.41, 5.74) is 1.20. The fraction of sp³-hybridized carbons (Fsp3) is 0.133. The van der Waals surface area contributed by atoms with Gasteiger partial charge in [0.1, 0.15) is 11.6 Å². The van der Waals surface area contributed by atoms with Gasteiger partial charge >= 0.3 is 0 Å². The molecule has 0 bridgehead atoms. The Hall–Kier alpha value is -2.36. The minimum atomic E-state index is -0.463. The largest absolute Gasteiger partial charge is 0.508 e. The molecule has 1 N–H and O–H groups in total. The normalized spacial score (nSPS) is 10.3. The van der Waals surface area contributed by atoms with Gasteiger partial charge in [0.2, 0.25) is 0 Å². The lowest BCUT2D eigenvalue weighted by atomic mass is 10.1. The third-order valence-electron chi connectivity index (χ3n) is 2.97. The number of carbonyl (C=O) groups excluding carboxylic acids is 1. The van der Waals surface area contributed by atoms with E-state index in [1.54, 1.807) is 31.2 Å². The molecule has 0 aliphatic carbocycles. The standard InChI is InChI=1S/C15H14FNO2/c1-10-7-8-11(9-14(10)18)15(19)17(2)13-6-4-3-5-12(13)16/h3-9,18H,1-2H3. The van der Waals surface area contributed by atoms with Crippen LogP contribution in [0.5, 0.6) is 5.75 Å². The van der Waals surface area contributed by atoms with Crippen LogP contribution in [-0.2, 0) is 0 Å². The van der Waals surface area contributed by atoms with Gasteiger partial charge in [-0.05, 0) is 36.8 Å². The molecule has 98 valence electrons. The second-order valence-electron chi connectivity index (χ2n) is 4.32. The van der Waals surface area contributed by atoms with Crippen molar-refractivity contribution in [2.75, 3.05) is 11.9 Å². The third-order valence-corrected chi connectivity index (χ3v) is 2.97. The lowest BCUT2D eigenvalue weighted by Gasteiger charge is -2.18. The summed E-state index contributed by atoms with van der Waals surface area (Å²) < 4.78 is 13.6. The highest BCUT2D eigenvalue weighted by atomic mass is 19.1. The third kappa shape index (κ3) is 2.57. The molecule has 2 aromatic rings. The molecule has 4 heteroatoms. The summed E-state index contributed by atoms with van der Waals surface area (Å²) in [6.45, 7) is 1.74. The van der Waals surface area contributed by atoms with E-state index in [0.29, 0.717) is 11.1 Å². The highest BCUT2D eigenvalue weighted by molar-refractivity contribution is 6.06. The Bertz CT molecular complexity index is 625. The molecular formula is C15H14FNO2. The van der Waals surface area contributed by atoms with Crippen LogP contribution in [0.2, 0.25) is 0 Å². The molecule has 0 aliphatic rings. The fourth-order valence-electron chi connectivity index (χ4n) is 1.77. The van der Waals surface area contributed by atoms with E-state index < -0.39 is 5.82 Å². The fourth-order valence-corrected chi connectivity index (χ4v) is 1.77. The number of aromatic hydroxyl groups is 1. The molecule has 0 fully saturated rings. The maximum Gasteiger partial charge on any atom is 0.258 e. The first-order chi connectivity index (χ1) is 9.00. The zero-order valence-electron chi connectivity index (χ0n) is 10.7. The van der Waals surface area contributed by atoms with E-state index in [1.165, 1.54) is 30.1 Å². The molecule has 0 unspecified atom stereocenters. The number of hydrogen-bond acceptors (Lipinski definition) is 2. The van der Waals surface area contributed by atoms with Crippen molar-refractivity contribution in [2.24, 2.45) is 0 Å². The van der Waals surface area contributed by atoms with Crippen molar-refractivity contribution >= 4 is 11.6 Å². The summed E-state index contributed by atoms with van der Waals surface area (Å²) >= 11 is 0. The quantitative estimate of drug-likeness (QED) is 0.900. The lowest BCUT2D eigenvalue weighted by Crippen LogP contribution is -2.27. The number of halogens is 1. The first-order valence-electron chi connectivity index (χ1n) is 5.83. The maximum absolute atomic E-state index is 13.6. The van der Waals surface area contributed by atoms with Gasteiger partial charge in [-0.1, -0.05) is 18.2 Å². The Morgan fingerprint density at radius 1 is 1.21 bits per heavy atom. The number of hydrogen-bond donors (Lipinski definition) is 1. The molecule has 1 amide bonds. The van der Waals surface area contributed by atoms with Crippen LogP contribution in [0.25, 0.3) is 0 Å². The molecule has 0 aliphatic heterocycles. The predicted molar refractivity (Wildman–Crippen MR) is 72.0 cm³/mol. The number of nitrogens with zero attached hydrogens (tertiary/aromatic N) is 1. The first kappa shape index (κ1) is 13.1. The number of amides is 1. The van der Waals surface area contributed by atoms with E-state index in [-0.39, 0.29) is 17.3 Å². The molecular weight excluding hydrogens is 245 g/mol. The van der Waals surface area contributed by atoms with Crippen LogP contribution in [0.1, 0.15) is 15.9 Å². The molecule has 0 spiro atoms. The van der Waals surface area contributed by atoms with Crippen LogP contribution in [0, 0.1) is 12.7 Å². The molecule has 0 saturated heterocycles. The van der Waals surface area contributed by atoms with Gasteiger partial charge in [0, 0.05) is 12.6 Å². The van der Waals surface area contributed by atoms with E-state index >= 15 is 0 Å². The second-order valence-corrected chi connectivity index (χ2v) is 4.32. The van der Waals surface area contributed by atoms with Crippen LogP contribution in [-0.4, -0.2) is 18.1 Å². The number of benzene rings is 2. The summed E-state index contributed by atoms with van der Waals surface area (Å²) in [6, 6.07) is 10.7. The van der Waals surface area contributed by atoms with Crippen molar-refractivity contribution in [3.63, 3.8) is 0 Å². The van der Waals surface area contributed by atoms with Crippen molar-refractivity contribution in [2.45, 2.75) is 6.92 Å². The predicted octanol–water partition coefficient (Wildman–Crippen LogP) is 3.12. The monoisotopic (exact) mass is 259 g/mol. The SMILES string of the molecule is Cc1ccc(C(=O)N(C)c2ccccc2F)cc1O. The molecule has 0 aromatic heterocycles. The average molecular weight is 259 g/mol. The minimum absolute atomic E-state index is 0.0489. The molecule has 19 heavy (non-hydrogen) atoms. The Labute approximate surface area is 110 Å². The van der Waals surface area contributed by atoms with Crippen molar-refractivity contribution in [1.82, 2.24) is 0 Å². The number of phenols is 1.